The summed E-state index contributed by atoms with van der Waals surface area (Å²) in [5.41, 5.74) is 6.12. The van der Waals surface area contributed by atoms with Crippen LogP contribution in [0.1, 0.15) is 25.5 Å². The highest BCUT2D eigenvalue weighted by Crippen LogP contribution is 2.39. The topological polar surface area (TPSA) is 75.7 Å². The number of rotatable bonds is 4. The van der Waals surface area contributed by atoms with E-state index >= 15 is 0 Å². The summed E-state index contributed by atoms with van der Waals surface area (Å²) < 4.78 is 5.01. The number of phenols is 1. The summed E-state index contributed by atoms with van der Waals surface area (Å²) >= 11 is 0. The molecule has 0 heterocycles. The lowest BCUT2D eigenvalue weighted by Crippen LogP contribution is -2.32. The second kappa shape index (κ2) is 6.10. The first kappa shape index (κ1) is 16.0. The molecule has 98 valence electrons. The van der Waals surface area contributed by atoms with Gasteiger partial charge in [0.2, 0.25) is 0 Å². The van der Waals surface area contributed by atoms with E-state index in [4.69, 9.17) is 10.5 Å². The van der Waals surface area contributed by atoms with Gasteiger partial charge in [-0.15, -0.1) is 12.4 Å². The number of benzene rings is 1. The van der Waals surface area contributed by atoms with Gasteiger partial charge in [0.1, 0.15) is 0 Å². The number of halogens is 1. The Kier molecular flexibility index (Phi) is 5.75. The molecule has 4 nitrogen and oxygen atoms in total. The van der Waals surface area contributed by atoms with Crippen molar-refractivity contribution >= 4 is 12.4 Å². The fourth-order valence-electron chi connectivity index (χ4n) is 1.47. The summed E-state index contributed by atoms with van der Waals surface area (Å²) in [6.07, 6.45) is 0. The predicted octanol–water partition coefficient (Wildman–Crippen LogP) is 1.84. The number of hydrogen-bond donors (Lipinski definition) is 3. The van der Waals surface area contributed by atoms with E-state index in [0.717, 1.165) is 0 Å². The van der Waals surface area contributed by atoms with E-state index in [1.807, 2.05) is 13.8 Å². The van der Waals surface area contributed by atoms with Crippen LogP contribution in [0.5, 0.6) is 11.5 Å². The van der Waals surface area contributed by atoms with Crippen LogP contribution in [-0.4, -0.2) is 23.9 Å². The minimum atomic E-state index is -0.496. The smallest absolute Gasteiger partial charge is 0.162 e. The zero-order chi connectivity index (χ0) is 12.3. The molecular formula is C12H20ClNO3. The monoisotopic (exact) mass is 261 g/mol. The van der Waals surface area contributed by atoms with Gasteiger partial charge in [-0.05, 0) is 6.07 Å². The number of aromatic hydroxyl groups is 1. The molecule has 1 rings (SSSR count). The second-order valence-electron chi connectivity index (χ2n) is 4.52. The lowest BCUT2D eigenvalue weighted by Gasteiger charge is -2.30. The number of ether oxygens (including phenoxy) is 1. The van der Waals surface area contributed by atoms with Crippen LogP contribution in [0.15, 0.2) is 18.2 Å². The summed E-state index contributed by atoms with van der Waals surface area (Å²) in [6, 6.07) is 4.71. The minimum absolute atomic E-state index is 0. The number of para-hydroxylation sites is 1. The van der Waals surface area contributed by atoms with Crippen molar-refractivity contribution in [3.63, 3.8) is 0 Å². The molecule has 0 aromatic heterocycles. The van der Waals surface area contributed by atoms with Gasteiger partial charge in [-0.25, -0.2) is 0 Å². The van der Waals surface area contributed by atoms with Crippen LogP contribution in [0, 0.1) is 5.41 Å². The molecule has 0 fully saturated rings. The van der Waals surface area contributed by atoms with Crippen LogP contribution < -0.4 is 10.5 Å². The molecule has 1 aromatic carbocycles. The Morgan fingerprint density at radius 1 is 1.41 bits per heavy atom. The van der Waals surface area contributed by atoms with Gasteiger partial charge in [0.05, 0.1) is 7.11 Å². The Bertz CT molecular complexity index is 369. The normalized spacial score (nSPS) is 12.8. The molecular weight excluding hydrogens is 242 g/mol. The number of nitrogens with two attached hydrogens (primary N) is 1. The van der Waals surface area contributed by atoms with Crippen molar-refractivity contribution in [3.05, 3.63) is 23.8 Å². The Balaban J connectivity index is 0.00000256. The highest BCUT2D eigenvalue weighted by Gasteiger charge is 2.29. The lowest BCUT2D eigenvalue weighted by molar-refractivity contribution is 0.131. The molecule has 0 aliphatic carbocycles. The first-order valence-electron chi connectivity index (χ1n) is 5.16. The van der Waals surface area contributed by atoms with Gasteiger partial charge in [0.25, 0.3) is 0 Å². The molecule has 1 atom stereocenters. The first-order chi connectivity index (χ1) is 7.44. The van der Waals surface area contributed by atoms with E-state index in [1.54, 1.807) is 18.2 Å². The molecule has 0 spiro atoms. The fourth-order valence-corrected chi connectivity index (χ4v) is 1.47. The van der Waals surface area contributed by atoms with Gasteiger partial charge in [-0.2, -0.15) is 0 Å². The standard InChI is InChI=1S/C12H19NO3.ClH/c1-12(2,7-14)11(13)8-5-4-6-9(16-3)10(8)15;/h4-6,11,14-15H,7,13H2,1-3H3;1H/t11-;/m1./s1. The summed E-state index contributed by atoms with van der Waals surface area (Å²) in [6.45, 7) is 3.64. The molecule has 0 radical (unpaired) electrons. The molecule has 0 amide bonds. The number of aliphatic hydroxyl groups is 1. The quantitative estimate of drug-likeness (QED) is 0.773. The van der Waals surface area contributed by atoms with Crippen molar-refractivity contribution in [3.8, 4) is 11.5 Å². The Labute approximate surface area is 108 Å². The van der Waals surface area contributed by atoms with Gasteiger partial charge >= 0.3 is 0 Å². The molecule has 0 saturated carbocycles. The van der Waals surface area contributed by atoms with E-state index in [1.165, 1.54) is 7.11 Å². The molecule has 0 aliphatic heterocycles. The summed E-state index contributed by atoms with van der Waals surface area (Å²) in [5, 5.41) is 19.2. The molecule has 4 N–H and O–H groups in total. The van der Waals surface area contributed by atoms with Crippen LogP contribution in [0.3, 0.4) is 0 Å². The van der Waals surface area contributed by atoms with Crippen molar-refractivity contribution in [2.45, 2.75) is 19.9 Å². The first-order valence-corrected chi connectivity index (χ1v) is 5.16. The molecule has 0 saturated heterocycles. The number of methoxy groups -OCH3 is 1. The zero-order valence-corrected chi connectivity index (χ0v) is 11.1. The third-order valence-corrected chi connectivity index (χ3v) is 2.83. The highest BCUT2D eigenvalue weighted by molar-refractivity contribution is 5.85. The summed E-state index contributed by atoms with van der Waals surface area (Å²) in [7, 11) is 1.49. The summed E-state index contributed by atoms with van der Waals surface area (Å²) in [5.74, 6) is 0.431. The van der Waals surface area contributed by atoms with Crippen LogP contribution in [0.2, 0.25) is 0 Å². The second-order valence-corrected chi connectivity index (χ2v) is 4.52. The third kappa shape index (κ3) is 3.25. The Morgan fingerprint density at radius 3 is 2.47 bits per heavy atom. The van der Waals surface area contributed by atoms with Gasteiger partial charge in [-0.1, -0.05) is 26.0 Å². The largest absolute Gasteiger partial charge is 0.504 e. The van der Waals surface area contributed by atoms with E-state index in [0.29, 0.717) is 11.3 Å². The summed E-state index contributed by atoms with van der Waals surface area (Å²) in [4.78, 5) is 0. The maximum Gasteiger partial charge on any atom is 0.162 e. The Hall–Kier alpha value is -0.970. The molecule has 5 heteroatoms. The SMILES string of the molecule is COc1cccc([C@@H](N)C(C)(C)CO)c1O.Cl. The van der Waals surface area contributed by atoms with Crippen molar-refractivity contribution in [2.75, 3.05) is 13.7 Å². The third-order valence-electron chi connectivity index (χ3n) is 2.83. The number of aliphatic hydroxyl groups excluding tert-OH is 1. The number of hydrogen-bond acceptors (Lipinski definition) is 4. The maximum absolute atomic E-state index is 9.93. The van der Waals surface area contributed by atoms with Crippen molar-refractivity contribution < 1.29 is 14.9 Å². The van der Waals surface area contributed by atoms with Crippen molar-refractivity contribution in [1.29, 1.82) is 0 Å². The predicted molar refractivity (Wildman–Crippen MR) is 69.7 cm³/mol. The molecule has 0 bridgehead atoms. The molecule has 17 heavy (non-hydrogen) atoms. The van der Waals surface area contributed by atoms with Gasteiger partial charge in [0.15, 0.2) is 11.5 Å². The zero-order valence-electron chi connectivity index (χ0n) is 10.3. The van der Waals surface area contributed by atoms with Gasteiger partial charge in [0, 0.05) is 23.6 Å². The minimum Gasteiger partial charge on any atom is -0.504 e. The van der Waals surface area contributed by atoms with Crippen LogP contribution in [0.4, 0.5) is 0 Å². The van der Waals surface area contributed by atoms with Crippen molar-refractivity contribution in [1.82, 2.24) is 0 Å². The Morgan fingerprint density at radius 2 is 2.00 bits per heavy atom. The van der Waals surface area contributed by atoms with Gasteiger partial charge < -0.3 is 20.7 Å². The van der Waals surface area contributed by atoms with Crippen LogP contribution in [-0.2, 0) is 0 Å². The fraction of sp³-hybridized carbons (Fsp3) is 0.500. The lowest BCUT2D eigenvalue weighted by atomic mass is 9.81. The average Bonchev–Trinajstić information content (AvgIpc) is 2.28. The van der Waals surface area contributed by atoms with E-state index < -0.39 is 11.5 Å². The average molecular weight is 262 g/mol. The molecule has 0 aliphatic rings. The van der Waals surface area contributed by atoms with E-state index in [-0.39, 0.29) is 24.8 Å². The van der Waals surface area contributed by atoms with Crippen LogP contribution in [0.25, 0.3) is 0 Å². The number of phenolic OH excluding ortho intramolecular Hbond substituents is 1. The van der Waals surface area contributed by atoms with E-state index in [9.17, 15) is 10.2 Å². The molecule has 1 aromatic rings. The van der Waals surface area contributed by atoms with Gasteiger partial charge in [-0.3, -0.25) is 0 Å². The molecule has 0 unspecified atom stereocenters. The van der Waals surface area contributed by atoms with Crippen LogP contribution >= 0.6 is 12.4 Å². The highest BCUT2D eigenvalue weighted by atomic mass is 35.5. The maximum atomic E-state index is 9.93. The van der Waals surface area contributed by atoms with Crippen molar-refractivity contribution in [2.24, 2.45) is 11.1 Å². The van der Waals surface area contributed by atoms with E-state index in [2.05, 4.69) is 0 Å².